The average molecular weight is 536 g/mol. The molecule has 2 bridgehead atoms. The molecule has 34 heavy (non-hydrogen) atoms. The molecule has 184 valence electrons. The molecule has 1 saturated carbocycles. The number of carbonyl (C=O) groups is 3. The van der Waals surface area contributed by atoms with E-state index >= 15 is 0 Å². The molecule has 0 aromatic heterocycles. The quantitative estimate of drug-likeness (QED) is 0.181. The van der Waals surface area contributed by atoms with Gasteiger partial charge in [0.25, 0.3) is 0 Å². The van der Waals surface area contributed by atoms with Crippen LogP contribution in [0.5, 0.6) is 5.75 Å². The topological polar surface area (TPSA) is 107 Å². The van der Waals surface area contributed by atoms with E-state index in [4.69, 9.17) is 58.5 Å². The summed E-state index contributed by atoms with van der Waals surface area (Å²) in [6.07, 6.45) is 0.708. The number of alkyl halides is 3. The summed E-state index contributed by atoms with van der Waals surface area (Å²) in [6, 6.07) is 6.16. The minimum Gasteiger partial charge on any atom is -0.456 e. The monoisotopic (exact) mass is 534 g/mol. The number of hydrogen-bond donors (Lipinski definition) is 0. The van der Waals surface area contributed by atoms with Crippen molar-refractivity contribution in [2.24, 2.45) is 0 Å². The molecular weight excluding hydrogens is 515 g/mol. The Morgan fingerprint density at radius 2 is 1.79 bits per heavy atom. The fourth-order valence-corrected chi connectivity index (χ4v) is 4.30. The molecular formula is C22H21Cl3O9. The Labute approximate surface area is 210 Å². The molecule has 0 N–H and O–H groups in total. The second-order valence-corrected chi connectivity index (χ2v) is 11.1. The van der Waals surface area contributed by atoms with Gasteiger partial charge in [0.05, 0.1) is 6.10 Å². The fourth-order valence-electron chi connectivity index (χ4n) is 4.14. The molecule has 1 aromatic rings. The van der Waals surface area contributed by atoms with E-state index in [1.807, 2.05) is 0 Å². The van der Waals surface area contributed by atoms with Gasteiger partial charge < -0.3 is 28.4 Å². The summed E-state index contributed by atoms with van der Waals surface area (Å²) in [5.41, 5.74) is -0.789. The number of esters is 2. The molecule has 1 aliphatic carbocycles. The largest absolute Gasteiger partial charge is 0.513 e. The number of rotatable bonds is 5. The van der Waals surface area contributed by atoms with Gasteiger partial charge in [-0.3, -0.25) is 0 Å². The summed E-state index contributed by atoms with van der Waals surface area (Å²) in [5, 5.41) is 0. The van der Waals surface area contributed by atoms with Gasteiger partial charge in [-0.25, -0.2) is 14.4 Å². The predicted octanol–water partition coefficient (Wildman–Crippen LogP) is 4.11. The summed E-state index contributed by atoms with van der Waals surface area (Å²) < 4.78 is 30.6. The van der Waals surface area contributed by atoms with E-state index in [2.05, 4.69) is 4.74 Å². The van der Waals surface area contributed by atoms with E-state index in [0.29, 0.717) is 5.56 Å². The SMILES string of the molecule is CC1(C)O[C@@H]2[C@@H]3C[C@](OC(=O)/C=C/c4ccc(OC(=O)OCC(Cl)(Cl)Cl)cc4)(C[C@@H]2O1)C(=O)O3. The molecule has 3 fully saturated rings. The number of carbonyl (C=O) groups excluding carboxylic acids is 3. The molecule has 4 rings (SSSR count). The van der Waals surface area contributed by atoms with Crippen molar-refractivity contribution in [2.45, 2.75) is 60.2 Å². The molecule has 9 nitrogen and oxygen atoms in total. The molecule has 2 aliphatic heterocycles. The van der Waals surface area contributed by atoms with Crippen LogP contribution in [-0.4, -0.2) is 58.2 Å². The van der Waals surface area contributed by atoms with Gasteiger partial charge in [0.15, 0.2) is 5.79 Å². The van der Waals surface area contributed by atoms with Gasteiger partial charge in [0, 0.05) is 18.9 Å². The van der Waals surface area contributed by atoms with Crippen LogP contribution in [0.3, 0.4) is 0 Å². The molecule has 4 atom stereocenters. The third-order valence-corrected chi connectivity index (χ3v) is 5.75. The van der Waals surface area contributed by atoms with Crippen LogP contribution in [0.25, 0.3) is 6.08 Å². The smallest absolute Gasteiger partial charge is 0.456 e. The summed E-state index contributed by atoms with van der Waals surface area (Å²) in [6.45, 7) is 3.10. The van der Waals surface area contributed by atoms with Crippen molar-refractivity contribution < 1.29 is 42.8 Å². The van der Waals surface area contributed by atoms with Gasteiger partial charge in [0.1, 0.15) is 24.6 Å². The van der Waals surface area contributed by atoms with Gasteiger partial charge in [0.2, 0.25) is 9.39 Å². The molecule has 0 amide bonds. The number of benzene rings is 1. The van der Waals surface area contributed by atoms with E-state index in [1.54, 1.807) is 26.0 Å². The maximum atomic E-state index is 12.5. The molecule has 2 saturated heterocycles. The lowest BCUT2D eigenvalue weighted by Crippen LogP contribution is -2.49. The Hall–Kier alpha value is -2.04. The molecule has 3 aliphatic rings. The zero-order valence-electron chi connectivity index (χ0n) is 18.1. The van der Waals surface area contributed by atoms with Crippen LogP contribution in [0.2, 0.25) is 0 Å². The highest BCUT2D eigenvalue weighted by Gasteiger charge is 2.65. The Morgan fingerprint density at radius 3 is 2.47 bits per heavy atom. The first-order valence-electron chi connectivity index (χ1n) is 10.3. The highest BCUT2D eigenvalue weighted by Crippen LogP contribution is 2.48. The molecule has 2 heterocycles. The van der Waals surface area contributed by atoms with Crippen molar-refractivity contribution in [1.82, 2.24) is 0 Å². The first-order valence-corrected chi connectivity index (χ1v) is 11.5. The lowest BCUT2D eigenvalue weighted by molar-refractivity contribution is -0.179. The number of fused-ring (bicyclic) bond motifs is 4. The van der Waals surface area contributed by atoms with E-state index in [9.17, 15) is 14.4 Å². The first-order chi connectivity index (χ1) is 15.8. The van der Waals surface area contributed by atoms with Crippen LogP contribution in [0.15, 0.2) is 30.3 Å². The van der Waals surface area contributed by atoms with Crippen LogP contribution in [0.1, 0.15) is 32.3 Å². The van der Waals surface area contributed by atoms with Gasteiger partial charge in [-0.1, -0.05) is 46.9 Å². The highest BCUT2D eigenvalue weighted by molar-refractivity contribution is 6.67. The van der Waals surface area contributed by atoms with Gasteiger partial charge in [-0.05, 0) is 37.6 Å². The van der Waals surface area contributed by atoms with E-state index < -0.39 is 52.1 Å². The lowest BCUT2D eigenvalue weighted by Gasteiger charge is -2.32. The maximum absolute atomic E-state index is 12.5. The van der Waals surface area contributed by atoms with Crippen molar-refractivity contribution in [2.75, 3.05) is 6.61 Å². The molecule has 12 heteroatoms. The van der Waals surface area contributed by atoms with Crippen molar-refractivity contribution in [1.29, 1.82) is 0 Å². The van der Waals surface area contributed by atoms with Crippen molar-refractivity contribution in [3.8, 4) is 5.75 Å². The van der Waals surface area contributed by atoms with E-state index in [0.717, 1.165) is 0 Å². The van der Waals surface area contributed by atoms with Crippen LogP contribution in [-0.2, 0) is 33.3 Å². The summed E-state index contributed by atoms with van der Waals surface area (Å²) in [5.74, 6) is -1.91. The molecule has 0 spiro atoms. The standard InChI is InChI=1S/C22H21Cl3O9/c1-20(2)32-15-10-21(9-14(17(15)34-20)31-18(21)27)33-16(26)8-5-12-3-6-13(7-4-12)30-19(28)29-11-22(23,24)25/h3-8,14-15,17H,9-11H2,1-2H3/b8-5+/t14-,15-,17+,21-/m0/s1. The van der Waals surface area contributed by atoms with Gasteiger partial charge >= 0.3 is 18.1 Å². The zero-order valence-corrected chi connectivity index (χ0v) is 20.4. The van der Waals surface area contributed by atoms with Crippen LogP contribution in [0, 0.1) is 0 Å². The predicted molar refractivity (Wildman–Crippen MR) is 120 cm³/mol. The Morgan fingerprint density at radius 1 is 1.12 bits per heavy atom. The summed E-state index contributed by atoms with van der Waals surface area (Å²) >= 11 is 16.5. The highest BCUT2D eigenvalue weighted by atomic mass is 35.6. The first kappa shape index (κ1) is 25.1. The van der Waals surface area contributed by atoms with E-state index in [-0.39, 0.29) is 24.7 Å². The molecule has 0 radical (unpaired) electrons. The summed E-state index contributed by atoms with van der Waals surface area (Å²) in [7, 11) is 0. The average Bonchev–Trinajstić information content (AvgIpc) is 3.18. The van der Waals surface area contributed by atoms with Gasteiger partial charge in [-0.15, -0.1) is 0 Å². The Bertz CT molecular complexity index is 1000. The number of hydrogen-bond acceptors (Lipinski definition) is 9. The Kier molecular flexibility index (Phi) is 6.78. The molecule has 1 aromatic carbocycles. The van der Waals surface area contributed by atoms with Gasteiger partial charge in [-0.2, -0.15) is 0 Å². The van der Waals surface area contributed by atoms with Crippen molar-refractivity contribution in [3.63, 3.8) is 0 Å². The second-order valence-electron chi connectivity index (χ2n) is 8.56. The fraction of sp³-hybridized carbons (Fsp3) is 0.500. The third-order valence-electron chi connectivity index (χ3n) is 5.42. The molecule has 0 unspecified atom stereocenters. The minimum absolute atomic E-state index is 0.163. The summed E-state index contributed by atoms with van der Waals surface area (Å²) in [4.78, 5) is 36.6. The normalized spacial score (nSPS) is 29.4. The zero-order chi connectivity index (χ0) is 24.7. The number of halogens is 3. The number of ether oxygens (including phenoxy) is 6. The maximum Gasteiger partial charge on any atom is 0.513 e. The Balaban J connectivity index is 1.33. The van der Waals surface area contributed by atoms with Crippen LogP contribution in [0.4, 0.5) is 4.79 Å². The lowest BCUT2D eigenvalue weighted by atomic mass is 9.82. The van der Waals surface area contributed by atoms with Crippen LogP contribution < -0.4 is 4.74 Å². The van der Waals surface area contributed by atoms with Crippen molar-refractivity contribution in [3.05, 3.63) is 35.9 Å². The second kappa shape index (κ2) is 9.20. The third kappa shape index (κ3) is 5.78. The minimum atomic E-state index is -1.74. The van der Waals surface area contributed by atoms with E-state index in [1.165, 1.54) is 24.3 Å². The van der Waals surface area contributed by atoms with Crippen LogP contribution >= 0.6 is 34.8 Å². The van der Waals surface area contributed by atoms with Crippen molar-refractivity contribution >= 4 is 59.0 Å².